The normalized spacial score (nSPS) is 11.2. The molecule has 0 amide bonds. The fourth-order valence-corrected chi connectivity index (χ4v) is 3.32. The van der Waals surface area contributed by atoms with Gasteiger partial charge in [-0.05, 0) is 36.8 Å². The van der Waals surface area contributed by atoms with Crippen LogP contribution in [0.3, 0.4) is 0 Å². The van der Waals surface area contributed by atoms with Crippen molar-refractivity contribution < 1.29 is 0 Å². The third kappa shape index (κ3) is 3.82. The average molecular weight is 384 g/mol. The maximum atomic E-state index is 8.89. The summed E-state index contributed by atoms with van der Waals surface area (Å²) in [6, 6.07) is 17.6. The van der Waals surface area contributed by atoms with E-state index in [1.807, 2.05) is 59.5 Å². The monoisotopic (exact) mass is 384 g/mol. The summed E-state index contributed by atoms with van der Waals surface area (Å²) in [7, 11) is 0. The average Bonchev–Trinajstić information content (AvgIpc) is 3.44. The van der Waals surface area contributed by atoms with Crippen LogP contribution < -0.4 is 5.43 Å². The zero-order valence-electron chi connectivity index (χ0n) is 15.1. The van der Waals surface area contributed by atoms with Crippen LogP contribution in [-0.4, -0.2) is 20.2 Å². The van der Waals surface area contributed by atoms with Crippen LogP contribution in [0.5, 0.6) is 0 Å². The van der Waals surface area contributed by atoms with Crippen molar-refractivity contribution in [3.05, 3.63) is 83.8 Å². The highest BCUT2D eigenvalue weighted by atomic mass is 32.1. The molecule has 28 heavy (non-hydrogen) atoms. The smallest absolute Gasteiger partial charge is 0.203 e. The topological polar surface area (TPSA) is 78.9 Å². The van der Waals surface area contributed by atoms with E-state index in [9.17, 15) is 0 Å². The van der Waals surface area contributed by atoms with E-state index >= 15 is 0 Å². The molecule has 0 radical (unpaired) electrons. The highest BCUT2D eigenvalue weighted by Gasteiger charge is 2.05. The van der Waals surface area contributed by atoms with E-state index in [4.69, 9.17) is 5.26 Å². The molecule has 0 aliphatic heterocycles. The van der Waals surface area contributed by atoms with Crippen molar-refractivity contribution in [3.63, 3.8) is 0 Å². The predicted octanol–water partition coefficient (Wildman–Crippen LogP) is 4.70. The summed E-state index contributed by atoms with van der Waals surface area (Å²) in [6.45, 7) is 1.95. The van der Waals surface area contributed by atoms with Gasteiger partial charge in [-0.25, -0.2) is 9.97 Å². The maximum absolute atomic E-state index is 8.89. The molecule has 4 aromatic rings. The largest absolute Gasteiger partial charge is 0.306 e. The Morgan fingerprint density at radius 2 is 1.93 bits per heavy atom. The Balaban J connectivity index is 1.45. The Bertz CT molecular complexity index is 1130. The van der Waals surface area contributed by atoms with Gasteiger partial charge >= 0.3 is 0 Å². The number of hydrazone groups is 1. The number of imidazole rings is 1. The van der Waals surface area contributed by atoms with Crippen molar-refractivity contribution in [2.24, 2.45) is 5.10 Å². The number of rotatable bonds is 5. The van der Waals surface area contributed by atoms with Gasteiger partial charge in [-0.1, -0.05) is 24.3 Å². The van der Waals surface area contributed by atoms with Gasteiger partial charge in [-0.15, -0.1) is 11.3 Å². The molecule has 0 aliphatic carbocycles. The molecule has 1 N–H and O–H groups in total. The molecule has 7 heteroatoms. The number of thiazole rings is 1. The molecule has 0 aliphatic rings. The first-order chi connectivity index (χ1) is 13.7. The SMILES string of the molecule is C/C(=N\Nc1nc(-c2ccc(C#N)cc2)cs1)c1ccc(-n2ccnc2)cc1. The Labute approximate surface area is 166 Å². The zero-order chi connectivity index (χ0) is 19.3. The summed E-state index contributed by atoms with van der Waals surface area (Å²) >= 11 is 1.49. The number of hydrogen-bond acceptors (Lipinski definition) is 6. The quantitative estimate of drug-likeness (QED) is 0.399. The number of anilines is 1. The molecule has 2 heterocycles. The molecule has 0 bridgehead atoms. The van der Waals surface area contributed by atoms with Gasteiger partial charge in [0, 0.05) is 29.0 Å². The first kappa shape index (κ1) is 17.6. The van der Waals surface area contributed by atoms with Crippen LogP contribution in [0.2, 0.25) is 0 Å². The lowest BCUT2D eigenvalue weighted by Gasteiger charge is -2.05. The Morgan fingerprint density at radius 1 is 1.14 bits per heavy atom. The Kier molecular flexibility index (Phi) is 4.95. The molecular formula is C21H16N6S. The summed E-state index contributed by atoms with van der Waals surface area (Å²) in [4.78, 5) is 8.62. The number of nitrogens with one attached hydrogen (secondary N) is 1. The fraction of sp³-hybridized carbons (Fsp3) is 0.0476. The van der Waals surface area contributed by atoms with Crippen LogP contribution in [0.25, 0.3) is 16.9 Å². The molecule has 0 atom stereocenters. The lowest BCUT2D eigenvalue weighted by atomic mass is 10.1. The summed E-state index contributed by atoms with van der Waals surface area (Å²) in [5.41, 5.74) is 8.43. The van der Waals surface area contributed by atoms with Crippen LogP contribution in [0.4, 0.5) is 5.13 Å². The highest BCUT2D eigenvalue weighted by molar-refractivity contribution is 7.14. The number of hydrogen-bond donors (Lipinski definition) is 1. The third-order valence-corrected chi connectivity index (χ3v) is 4.97. The minimum absolute atomic E-state index is 0.636. The molecule has 2 aromatic heterocycles. The second kappa shape index (κ2) is 7.86. The summed E-state index contributed by atoms with van der Waals surface area (Å²) in [5.74, 6) is 0. The molecule has 0 spiro atoms. The van der Waals surface area contributed by atoms with Crippen LogP contribution in [0.15, 0.2) is 77.7 Å². The fourth-order valence-electron chi connectivity index (χ4n) is 2.66. The number of aromatic nitrogens is 3. The standard InChI is InChI=1S/C21H16N6S/c1-15(17-6-8-19(9-7-17)27-11-10-23-14-27)25-26-21-24-20(13-28-21)18-4-2-16(12-22)3-5-18/h2-11,13-14H,1H3,(H,24,26)/b25-15+. The van der Waals surface area contributed by atoms with E-state index in [1.54, 1.807) is 24.7 Å². The van der Waals surface area contributed by atoms with E-state index in [0.29, 0.717) is 10.7 Å². The van der Waals surface area contributed by atoms with E-state index in [2.05, 4.69) is 26.6 Å². The molecule has 2 aromatic carbocycles. The third-order valence-electron chi connectivity index (χ3n) is 4.22. The first-order valence-corrected chi connectivity index (χ1v) is 9.46. The molecule has 136 valence electrons. The molecule has 0 saturated carbocycles. The molecule has 0 saturated heterocycles. The second-order valence-electron chi connectivity index (χ2n) is 6.05. The van der Waals surface area contributed by atoms with Gasteiger partial charge in [-0.2, -0.15) is 10.4 Å². The zero-order valence-corrected chi connectivity index (χ0v) is 15.9. The lowest BCUT2D eigenvalue weighted by Crippen LogP contribution is -2.00. The van der Waals surface area contributed by atoms with E-state index < -0.39 is 0 Å². The van der Waals surface area contributed by atoms with E-state index in [-0.39, 0.29) is 0 Å². The van der Waals surface area contributed by atoms with Crippen LogP contribution in [0.1, 0.15) is 18.1 Å². The van der Waals surface area contributed by atoms with Crippen molar-refractivity contribution in [1.82, 2.24) is 14.5 Å². The van der Waals surface area contributed by atoms with Crippen LogP contribution in [0, 0.1) is 11.3 Å². The lowest BCUT2D eigenvalue weighted by molar-refractivity contribution is 1.06. The van der Waals surface area contributed by atoms with Gasteiger partial charge in [-0.3, -0.25) is 5.43 Å². The maximum Gasteiger partial charge on any atom is 0.203 e. The van der Waals surface area contributed by atoms with Gasteiger partial charge in [0.1, 0.15) is 0 Å². The Hall–Kier alpha value is -3.76. The van der Waals surface area contributed by atoms with Gasteiger partial charge in [0.05, 0.1) is 29.4 Å². The molecule has 6 nitrogen and oxygen atoms in total. The van der Waals surface area contributed by atoms with Gasteiger partial charge in [0.2, 0.25) is 5.13 Å². The van der Waals surface area contributed by atoms with Crippen molar-refractivity contribution in [3.8, 4) is 23.0 Å². The summed E-state index contributed by atoms with van der Waals surface area (Å²) in [5, 5.41) is 16.0. The van der Waals surface area contributed by atoms with Crippen LogP contribution >= 0.6 is 11.3 Å². The number of benzene rings is 2. The van der Waals surface area contributed by atoms with Gasteiger partial charge in [0.15, 0.2) is 0 Å². The molecule has 0 unspecified atom stereocenters. The number of nitriles is 1. The van der Waals surface area contributed by atoms with Crippen molar-refractivity contribution >= 4 is 22.2 Å². The van der Waals surface area contributed by atoms with Crippen molar-refractivity contribution in [2.75, 3.05) is 5.43 Å². The van der Waals surface area contributed by atoms with Crippen LogP contribution in [-0.2, 0) is 0 Å². The number of nitrogens with zero attached hydrogens (tertiary/aromatic N) is 5. The second-order valence-corrected chi connectivity index (χ2v) is 6.91. The first-order valence-electron chi connectivity index (χ1n) is 8.58. The molecular weight excluding hydrogens is 368 g/mol. The van der Waals surface area contributed by atoms with Crippen molar-refractivity contribution in [1.29, 1.82) is 5.26 Å². The van der Waals surface area contributed by atoms with Gasteiger partial charge in [0.25, 0.3) is 0 Å². The molecule has 0 fully saturated rings. The summed E-state index contributed by atoms with van der Waals surface area (Å²) in [6.07, 6.45) is 5.43. The van der Waals surface area contributed by atoms with Gasteiger partial charge < -0.3 is 4.57 Å². The predicted molar refractivity (Wildman–Crippen MR) is 112 cm³/mol. The molecule has 4 rings (SSSR count). The van der Waals surface area contributed by atoms with Crippen molar-refractivity contribution in [2.45, 2.75) is 6.92 Å². The Morgan fingerprint density at radius 3 is 2.61 bits per heavy atom. The minimum atomic E-state index is 0.636. The minimum Gasteiger partial charge on any atom is -0.306 e. The highest BCUT2D eigenvalue weighted by Crippen LogP contribution is 2.25. The summed E-state index contributed by atoms with van der Waals surface area (Å²) < 4.78 is 1.95. The van der Waals surface area contributed by atoms with E-state index in [0.717, 1.165) is 28.2 Å². The van der Waals surface area contributed by atoms with E-state index in [1.165, 1.54) is 11.3 Å².